The summed E-state index contributed by atoms with van der Waals surface area (Å²) >= 11 is 0. The predicted molar refractivity (Wildman–Crippen MR) is 36.7 cm³/mol. The largest absolute Gasteiger partial charge is 0.498 e. The van der Waals surface area contributed by atoms with E-state index in [0.29, 0.717) is 19.8 Å². The van der Waals surface area contributed by atoms with Crippen molar-refractivity contribution in [2.24, 2.45) is 0 Å². The van der Waals surface area contributed by atoms with Crippen molar-refractivity contribution in [3.63, 3.8) is 0 Å². The van der Waals surface area contributed by atoms with Crippen LogP contribution in [0.25, 0.3) is 0 Å². The molecule has 0 spiro atoms. The Morgan fingerprint density at radius 2 is 2.36 bits per heavy atom. The zero-order valence-electron chi connectivity index (χ0n) is 6.87. The zero-order chi connectivity index (χ0) is 8.48. The lowest BCUT2D eigenvalue weighted by molar-refractivity contribution is -0.888. The first-order valence-electron chi connectivity index (χ1n) is 3.72. The highest BCUT2D eigenvalue weighted by Gasteiger charge is 2.34. The first kappa shape index (κ1) is 8.49. The minimum absolute atomic E-state index is 0.00579. The van der Waals surface area contributed by atoms with Gasteiger partial charge in [-0.25, -0.2) is 0 Å². The van der Waals surface area contributed by atoms with Gasteiger partial charge in [-0.05, 0) is 6.92 Å². The highest BCUT2D eigenvalue weighted by atomic mass is 16.5. The first-order chi connectivity index (χ1) is 5.07. The van der Waals surface area contributed by atoms with Gasteiger partial charge in [0, 0.05) is 0 Å². The summed E-state index contributed by atoms with van der Waals surface area (Å²) in [5, 5.41) is 10.7. The second-order valence-corrected chi connectivity index (χ2v) is 3.18. The van der Waals surface area contributed by atoms with Crippen LogP contribution in [0.3, 0.4) is 0 Å². The number of quaternary nitrogens is 1. The van der Waals surface area contributed by atoms with Crippen LogP contribution in [0.2, 0.25) is 0 Å². The zero-order valence-corrected chi connectivity index (χ0v) is 6.87. The average molecular weight is 159 g/mol. The molecule has 1 fully saturated rings. The molecular weight excluding hydrogens is 146 g/mol. The normalized spacial score (nSPS) is 38.5. The molecule has 4 heteroatoms. The van der Waals surface area contributed by atoms with Crippen LogP contribution >= 0.6 is 0 Å². The van der Waals surface area contributed by atoms with Crippen molar-refractivity contribution in [2.75, 3.05) is 26.8 Å². The van der Waals surface area contributed by atoms with Crippen LogP contribution in [0.15, 0.2) is 0 Å². The van der Waals surface area contributed by atoms with Gasteiger partial charge in [-0.3, -0.25) is 4.48 Å². The summed E-state index contributed by atoms with van der Waals surface area (Å²) < 4.78 is 5.09. The SMILES string of the molecule is CC1COCC[N+]1(C)C(=O)[O-]. The molecule has 1 rings (SSSR count). The molecule has 4 nitrogen and oxygen atoms in total. The minimum Gasteiger partial charge on any atom is -0.498 e. The Morgan fingerprint density at radius 3 is 2.73 bits per heavy atom. The van der Waals surface area contributed by atoms with Gasteiger partial charge in [-0.1, -0.05) is 0 Å². The summed E-state index contributed by atoms with van der Waals surface area (Å²) in [6, 6.07) is -0.00579. The number of ether oxygens (including phenoxy) is 1. The molecule has 2 unspecified atom stereocenters. The van der Waals surface area contributed by atoms with E-state index < -0.39 is 6.09 Å². The van der Waals surface area contributed by atoms with Crippen LogP contribution < -0.4 is 5.11 Å². The average Bonchev–Trinajstić information content (AvgIpc) is 1.95. The first-order valence-corrected chi connectivity index (χ1v) is 3.72. The van der Waals surface area contributed by atoms with Gasteiger partial charge in [0.05, 0.1) is 20.3 Å². The summed E-state index contributed by atoms with van der Waals surface area (Å²) in [7, 11) is 1.67. The van der Waals surface area contributed by atoms with E-state index in [9.17, 15) is 9.90 Å². The highest BCUT2D eigenvalue weighted by molar-refractivity contribution is 5.54. The molecule has 0 aliphatic carbocycles. The molecule has 1 heterocycles. The number of carboxylic acid groups (broad SMARTS) is 1. The Bertz CT molecular complexity index is 171. The summed E-state index contributed by atoms with van der Waals surface area (Å²) in [6.07, 6.45) is -1.01. The van der Waals surface area contributed by atoms with E-state index >= 15 is 0 Å². The van der Waals surface area contributed by atoms with Crippen LogP contribution in [0.4, 0.5) is 4.79 Å². The summed E-state index contributed by atoms with van der Waals surface area (Å²) in [6.45, 7) is 3.37. The Kier molecular flexibility index (Phi) is 2.15. The molecule has 0 aromatic heterocycles. The standard InChI is InChI=1S/C7H13NO3/c1-6-5-11-4-3-8(6,2)7(9)10/h6H,3-5H2,1-2H3. The molecule has 1 aliphatic rings. The van der Waals surface area contributed by atoms with Crippen molar-refractivity contribution in [3.8, 4) is 0 Å². The van der Waals surface area contributed by atoms with E-state index in [1.54, 1.807) is 7.05 Å². The van der Waals surface area contributed by atoms with Crippen molar-refractivity contribution in [3.05, 3.63) is 0 Å². The van der Waals surface area contributed by atoms with Gasteiger partial charge in [0.15, 0.2) is 0 Å². The molecule has 0 radical (unpaired) electrons. The number of rotatable bonds is 0. The number of hydrogen-bond donors (Lipinski definition) is 0. The number of likely N-dealkylation sites (N-methyl/N-ethyl adjacent to an activating group) is 1. The van der Waals surface area contributed by atoms with Crippen LogP contribution in [-0.2, 0) is 4.74 Å². The fraction of sp³-hybridized carbons (Fsp3) is 0.857. The van der Waals surface area contributed by atoms with E-state index in [1.165, 1.54) is 0 Å². The van der Waals surface area contributed by atoms with Gasteiger partial charge in [0.2, 0.25) is 0 Å². The molecular formula is C7H13NO3. The van der Waals surface area contributed by atoms with Crippen molar-refractivity contribution in [1.29, 1.82) is 0 Å². The van der Waals surface area contributed by atoms with Gasteiger partial charge in [0.25, 0.3) is 6.09 Å². The van der Waals surface area contributed by atoms with Crippen molar-refractivity contribution >= 4 is 6.09 Å². The molecule has 0 N–H and O–H groups in total. The van der Waals surface area contributed by atoms with E-state index in [1.807, 2.05) is 6.92 Å². The summed E-state index contributed by atoms with van der Waals surface area (Å²) in [4.78, 5) is 10.7. The maximum absolute atomic E-state index is 10.7. The van der Waals surface area contributed by atoms with Gasteiger partial charge >= 0.3 is 0 Å². The number of nitrogens with zero attached hydrogens (tertiary/aromatic N) is 1. The quantitative estimate of drug-likeness (QED) is 0.434. The minimum atomic E-state index is -1.01. The third-order valence-corrected chi connectivity index (χ3v) is 2.45. The van der Waals surface area contributed by atoms with Crippen LogP contribution in [-0.4, -0.2) is 43.4 Å². The third-order valence-electron chi connectivity index (χ3n) is 2.45. The van der Waals surface area contributed by atoms with Crippen molar-refractivity contribution in [1.82, 2.24) is 0 Å². The Hall–Kier alpha value is -0.610. The third kappa shape index (κ3) is 1.36. The van der Waals surface area contributed by atoms with Crippen LogP contribution in [0.5, 0.6) is 0 Å². The van der Waals surface area contributed by atoms with E-state index in [2.05, 4.69) is 0 Å². The fourth-order valence-electron chi connectivity index (χ4n) is 1.16. The Morgan fingerprint density at radius 1 is 1.73 bits per heavy atom. The molecule has 1 amide bonds. The number of carbonyl (C=O) groups excluding carboxylic acids is 1. The second kappa shape index (κ2) is 2.79. The Balaban J connectivity index is 2.72. The summed E-state index contributed by atoms with van der Waals surface area (Å²) in [5.41, 5.74) is 0. The van der Waals surface area contributed by atoms with E-state index in [-0.39, 0.29) is 10.5 Å². The number of carbonyl (C=O) groups is 1. The smallest absolute Gasteiger partial charge is 0.257 e. The molecule has 1 aliphatic heterocycles. The lowest BCUT2D eigenvalue weighted by Gasteiger charge is -2.41. The number of hydrogen-bond acceptors (Lipinski definition) is 3. The molecule has 0 aromatic carbocycles. The fourth-order valence-corrected chi connectivity index (χ4v) is 1.16. The lowest BCUT2D eigenvalue weighted by atomic mass is 10.2. The number of morpholine rings is 1. The number of amides is 1. The van der Waals surface area contributed by atoms with Crippen LogP contribution in [0, 0.1) is 0 Å². The topological polar surface area (TPSA) is 49.4 Å². The molecule has 1 saturated heterocycles. The molecule has 0 aromatic rings. The highest BCUT2D eigenvalue weighted by Crippen LogP contribution is 2.14. The maximum Gasteiger partial charge on any atom is 0.257 e. The predicted octanol–water partition coefficient (Wildman–Crippen LogP) is -0.805. The molecule has 64 valence electrons. The Labute approximate surface area is 66.0 Å². The molecule has 0 saturated carbocycles. The van der Waals surface area contributed by atoms with Gasteiger partial charge < -0.3 is 14.6 Å². The molecule has 0 bridgehead atoms. The van der Waals surface area contributed by atoms with E-state index in [4.69, 9.17) is 4.74 Å². The monoisotopic (exact) mass is 159 g/mol. The van der Waals surface area contributed by atoms with E-state index in [0.717, 1.165) is 0 Å². The van der Waals surface area contributed by atoms with Gasteiger partial charge in [0.1, 0.15) is 12.6 Å². The summed E-state index contributed by atoms with van der Waals surface area (Å²) in [5.74, 6) is 0. The van der Waals surface area contributed by atoms with Gasteiger partial charge in [-0.2, -0.15) is 0 Å². The van der Waals surface area contributed by atoms with Gasteiger partial charge in [-0.15, -0.1) is 0 Å². The van der Waals surface area contributed by atoms with Crippen molar-refractivity contribution < 1.29 is 19.1 Å². The van der Waals surface area contributed by atoms with Crippen molar-refractivity contribution in [2.45, 2.75) is 13.0 Å². The second-order valence-electron chi connectivity index (χ2n) is 3.18. The molecule has 2 atom stereocenters. The van der Waals surface area contributed by atoms with Crippen LogP contribution in [0.1, 0.15) is 6.92 Å². The molecule has 11 heavy (non-hydrogen) atoms. The lowest BCUT2D eigenvalue weighted by Crippen LogP contribution is -2.65. The maximum atomic E-state index is 10.7.